The molecule has 4 heterocycles. The third-order valence-electron chi connectivity index (χ3n) is 5.84. The summed E-state index contributed by atoms with van der Waals surface area (Å²) in [4.78, 5) is 4.39. The molecular weight excluding hydrogens is 400 g/mol. The van der Waals surface area contributed by atoms with Crippen molar-refractivity contribution in [2.45, 2.75) is 42.4 Å². The molecule has 1 aliphatic carbocycles. The summed E-state index contributed by atoms with van der Waals surface area (Å²) in [7, 11) is -1.99. The highest BCUT2D eigenvalue weighted by molar-refractivity contribution is 7.89. The van der Waals surface area contributed by atoms with Gasteiger partial charge in [-0.2, -0.15) is 14.5 Å². The van der Waals surface area contributed by atoms with Crippen molar-refractivity contribution in [2.75, 3.05) is 13.1 Å². The molecule has 0 atom stereocenters. The molecule has 0 amide bonds. The van der Waals surface area contributed by atoms with Crippen molar-refractivity contribution in [3.05, 3.63) is 41.1 Å². The van der Waals surface area contributed by atoms with E-state index in [-0.39, 0.29) is 10.0 Å². The minimum absolute atomic E-state index is 0.0813. The van der Waals surface area contributed by atoms with Gasteiger partial charge < -0.3 is 0 Å². The average molecular weight is 421 g/mol. The van der Waals surface area contributed by atoms with Crippen molar-refractivity contribution in [1.82, 2.24) is 28.7 Å². The lowest BCUT2D eigenvalue weighted by Crippen LogP contribution is -2.38. The topological polar surface area (TPSA) is 85.4 Å². The lowest BCUT2D eigenvalue weighted by molar-refractivity contribution is 0.318. The molecule has 1 saturated carbocycles. The molecule has 5 rings (SSSR count). The van der Waals surface area contributed by atoms with Crippen LogP contribution in [0.2, 0.25) is 5.15 Å². The van der Waals surface area contributed by atoms with Crippen LogP contribution in [-0.4, -0.2) is 50.2 Å². The van der Waals surface area contributed by atoms with E-state index in [9.17, 15) is 8.42 Å². The van der Waals surface area contributed by atoms with Gasteiger partial charge in [-0.25, -0.2) is 17.9 Å². The maximum Gasteiger partial charge on any atom is 0.247 e. The zero-order valence-corrected chi connectivity index (χ0v) is 17.1. The second kappa shape index (κ2) is 6.53. The summed E-state index contributed by atoms with van der Waals surface area (Å²) in [6, 6.07) is 2.15. The smallest absolute Gasteiger partial charge is 0.247 e. The van der Waals surface area contributed by atoms with Crippen LogP contribution in [0.4, 0.5) is 0 Å². The van der Waals surface area contributed by atoms with Gasteiger partial charge >= 0.3 is 0 Å². The molecule has 1 saturated heterocycles. The summed E-state index contributed by atoms with van der Waals surface area (Å²) in [5.74, 6) is 0.924. The van der Waals surface area contributed by atoms with E-state index >= 15 is 0 Å². The molecule has 0 bridgehead atoms. The second-order valence-electron chi connectivity index (χ2n) is 7.62. The van der Waals surface area contributed by atoms with Gasteiger partial charge in [0.1, 0.15) is 16.4 Å². The van der Waals surface area contributed by atoms with Crippen molar-refractivity contribution in [3.63, 3.8) is 0 Å². The molecule has 0 radical (unpaired) electrons. The molecule has 1 aliphatic heterocycles. The molecule has 3 aromatic heterocycles. The molecule has 10 heteroatoms. The average Bonchev–Trinajstić information content (AvgIpc) is 3.34. The van der Waals surface area contributed by atoms with E-state index in [2.05, 4.69) is 27.4 Å². The van der Waals surface area contributed by atoms with E-state index in [0.29, 0.717) is 24.9 Å². The van der Waals surface area contributed by atoms with Crippen molar-refractivity contribution >= 4 is 27.3 Å². The molecule has 148 valence electrons. The number of halogens is 1. The largest absolute Gasteiger partial charge is 0.256 e. The molecule has 28 heavy (non-hydrogen) atoms. The van der Waals surface area contributed by atoms with E-state index in [4.69, 9.17) is 11.6 Å². The monoisotopic (exact) mass is 420 g/mol. The Kier molecular flexibility index (Phi) is 4.22. The van der Waals surface area contributed by atoms with Crippen molar-refractivity contribution in [2.24, 2.45) is 7.05 Å². The quantitative estimate of drug-likeness (QED) is 0.647. The maximum absolute atomic E-state index is 13.0. The van der Waals surface area contributed by atoms with Gasteiger partial charge in [0, 0.05) is 26.3 Å². The van der Waals surface area contributed by atoms with E-state index < -0.39 is 10.0 Å². The lowest BCUT2D eigenvalue weighted by atomic mass is 9.87. The van der Waals surface area contributed by atoms with Crippen LogP contribution < -0.4 is 0 Å². The fourth-order valence-corrected chi connectivity index (χ4v) is 5.98. The molecule has 0 unspecified atom stereocenters. The van der Waals surface area contributed by atoms with Gasteiger partial charge in [0.15, 0.2) is 5.65 Å². The Labute approximate surface area is 168 Å². The Morgan fingerprint density at radius 1 is 1.07 bits per heavy atom. The number of hydrogen-bond acceptors (Lipinski definition) is 5. The zero-order chi connectivity index (χ0) is 19.5. The number of rotatable bonds is 4. The molecule has 2 aliphatic rings. The standard InChI is InChI=1S/C18H21ClN6O2S/c1-23-18(19)16(9-21-23)28(26,27)24-6-4-13(5-7-24)15-10-25-17(20-11-22-25)8-14(15)12-2-3-12/h8-13H,2-7H2,1H3. The first-order valence-corrected chi connectivity index (χ1v) is 11.3. The van der Waals surface area contributed by atoms with E-state index in [1.807, 2.05) is 4.52 Å². The normalized spacial score (nSPS) is 19.5. The number of hydrogen-bond donors (Lipinski definition) is 0. The minimum atomic E-state index is -3.63. The van der Waals surface area contributed by atoms with Crippen LogP contribution >= 0.6 is 11.6 Å². The van der Waals surface area contributed by atoms with Crippen molar-refractivity contribution in [3.8, 4) is 0 Å². The molecule has 2 fully saturated rings. The number of aromatic nitrogens is 5. The Balaban J connectivity index is 1.40. The van der Waals surface area contributed by atoms with Gasteiger partial charge in [-0.15, -0.1) is 0 Å². The van der Waals surface area contributed by atoms with Crippen LogP contribution in [0.1, 0.15) is 48.6 Å². The first-order chi connectivity index (χ1) is 13.4. The predicted octanol–water partition coefficient (Wildman–Crippen LogP) is 2.56. The van der Waals surface area contributed by atoms with Crippen LogP contribution in [-0.2, 0) is 17.1 Å². The number of fused-ring (bicyclic) bond motifs is 1. The Hall–Kier alpha value is -1.97. The highest BCUT2D eigenvalue weighted by Gasteiger charge is 2.35. The van der Waals surface area contributed by atoms with Crippen LogP contribution in [0, 0.1) is 0 Å². The zero-order valence-electron chi connectivity index (χ0n) is 15.5. The molecule has 3 aromatic rings. The van der Waals surface area contributed by atoms with Crippen LogP contribution in [0.15, 0.2) is 29.7 Å². The van der Waals surface area contributed by atoms with Gasteiger partial charge in [0.05, 0.1) is 6.20 Å². The first kappa shape index (κ1) is 18.1. The highest BCUT2D eigenvalue weighted by atomic mass is 35.5. The molecule has 8 nitrogen and oxygen atoms in total. The Bertz CT molecular complexity index is 1140. The number of pyridine rings is 1. The number of nitrogens with zero attached hydrogens (tertiary/aromatic N) is 6. The lowest BCUT2D eigenvalue weighted by Gasteiger charge is -2.32. The van der Waals surface area contributed by atoms with Crippen LogP contribution in [0.3, 0.4) is 0 Å². The summed E-state index contributed by atoms with van der Waals surface area (Å²) in [5.41, 5.74) is 3.52. The number of aryl methyl sites for hydroxylation is 1. The van der Waals surface area contributed by atoms with E-state index in [0.717, 1.165) is 18.5 Å². The van der Waals surface area contributed by atoms with Crippen LogP contribution in [0.5, 0.6) is 0 Å². The fraction of sp³-hybridized carbons (Fsp3) is 0.500. The SMILES string of the molecule is Cn1ncc(S(=O)(=O)N2CCC(c3cn4ncnc4cc3C3CC3)CC2)c1Cl. The molecule has 0 N–H and O–H groups in total. The summed E-state index contributed by atoms with van der Waals surface area (Å²) >= 11 is 6.12. The Morgan fingerprint density at radius 3 is 2.43 bits per heavy atom. The summed E-state index contributed by atoms with van der Waals surface area (Å²) in [6.07, 6.45) is 8.96. The Morgan fingerprint density at radius 2 is 1.79 bits per heavy atom. The number of sulfonamides is 1. The van der Waals surface area contributed by atoms with Crippen molar-refractivity contribution in [1.29, 1.82) is 0 Å². The van der Waals surface area contributed by atoms with Gasteiger partial charge in [0.2, 0.25) is 10.0 Å². The summed E-state index contributed by atoms with van der Waals surface area (Å²) < 4.78 is 30.6. The summed E-state index contributed by atoms with van der Waals surface area (Å²) in [6.45, 7) is 0.940. The van der Waals surface area contributed by atoms with Gasteiger partial charge in [0.25, 0.3) is 0 Å². The second-order valence-corrected chi connectivity index (χ2v) is 9.89. The van der Waals surface area contributed by atoms with Gasteiger partial charge in [-0.3, -0.25) is 4.68 Å². The maximum atomic E-state index is 13.0. The molecule has 0 spiro atoms. The molecule has 0 aromatic carbocycles. The van der Waals surface area contributed by atoms with E-state index in [1.165, 1.54) is 39.2 Å². The van der Waals surface area contributed by atoms with Gasteiger partial charge in [-0.1, -0.05) is 11.6 Å². The highest BCUT2D eigenvalue weighted by Crippen LogP contribution is 2.45. The summed E-state index contributed by atoms with van der Waals surface area (Å²) in [5, 5.41) is 8.39. The van der Waals surface area contributed by atoms with Crippen LogP contribution in [0.25, 0.3) is 5.65 Å². The fourth-order valence-electron chi connectivity index (χ4n) is 4.10. The van der Waals surface area contributed by atoms with E-state index in [1.54, 1.807) is 13.4 Å². The first-order valence-electron chi connectivity index (χ1n) is 9.46. The number of piperidine rings is 1. The third-order valence-corrected chi connectivity index (χ3v) is 8.30. The van der Waals surface area contributed by atoms with Gasteiger partial charge in [-0.05, 0) is 54.7 Å². The van der Waals surface area contributed by atoms with Crippen molar-refractivity contribution < 1.29 is 8.42 Å². The molecular formula is C18H21ClN6O2S. The minimum Gasteiger partial charge on any atom is -0.256 e. The predicted molar refractivity (Wildman–Crippen MR) is 104 cm³/mol. The third kappa shape index (κ3) is 2.92.